The minimum Gasteiger partial charge on any atom is -0.372 e. The number of rotatable bonds is 5. The van der Waals surface area contributed by atoms with Crippen molar-refractivity contribution < 1.29 is 0 Å². The van der Waals surface area contributed by atoms with E-state index in [-0.39, 0.29) is 0 Å². The number of anilines is 1. The second-order valence-corrected chi connectivity index (χ2v) is 3.58. The zero-order chi connectivity index (χ0) is 10.4. The summed E-state index contributed by atoms with van der Waals surface area (Å²) in [5.41, 5.74) is 2.19. The molecule has 73 valence electrons. The van der Waals surface area contributed by atoms with Gasteiger partial charge in [0.15, 0.2) is 0 Å². The fraction of sp³-hybridized carbons (Fsp3) is 0.273. The van der Waals surface area contributed by atoms with Crippen LogP contribution < -0.4 is 10.6 Å². The molecule has 2 nitrogen and oxygen atoms in total. The third-order valence-electron chi connectivity index (χ3n) is 1.91. The Morgan fingerprint density at radius 3 is 2.79 bits per heavy atom. The maximum Gasteiger partial charge on any atom is 0.0712 e. The van der Waals surface area contributed by atoms with Gasteiger partial charge in [-0.2, -0.15) is 0 Å². The maximum atomic E-state index is 3.87. The van der Waals surface area contributed by atoms with Gasteiger partial charge in [-0.25, -0.2) is 0 Å². The third kappa shape index (κ3) is 3.01. The van der Waals surface area contributed by atoms with Gasteiger partial charge < -0.3 is 10.6 Å². The van der Waals surface area contributed by atoms with E-state index in [9.17, 15) is 0 Å². The molecule has 0 spiro atoms. The fourth-order valence-corrected chi connectivity index (χ4v) is 1.40. The van der Waals surface area contributed by atoms with E-state index >= 15 is 0 Å². The van der Waals surface area contributed by atoms with Crippen molar-refractivity contribution in [2.24, 2.45) is 0 Å². The molecule has 3 heteroatoms. The highest BCUT2D eigenvalue weighted by Gasteiger charge is 1.99. The Labute approximate surface area is 88.8 Å². The molecular formula is C11H15N2Si. The largest absolute Gasteiger partial charge is 0.372 e. The molecule has 0 aliphatic carbocycles. The van der Waals surface area contributed by atoms with Gasteiger partial charge in [0.2, 0.25) is 0 Å². The molecule has 0 saturated carbocycles. The Hall–Kier alpha value is -1.06. The molecule has 0 aliphatic rings. The summed E-state index contributed by atoms with van der Waals surface area (Å²) >= 11 is 0. The molecule has 0 atom stereocenters. The number of para-hydroxylation sites is 1. The monoisotopic (exact) mass is 203 g/mol. The predicted molar refractivity (Wildman–Crippen MR) is 63.4 cm³/mol. The molecule has 0 fully saturated rings. The number of hydrogen-bond acceptors (Lipinski definition) is 2. The Morgan fingerprint density at radius 1 is 1.43 bits per heavy atom. The number of hydrogen-bond donors (Lipinski definition) is 2. The van der Waals surface area contributed by atoms with Crippen molar-refractivity contribution in [3.63, 3.8) is 0 Å². The van der Waals surface area contributed by atoms with E-state index in [1.54, 1.807) is 0 Å². The van der Waals surface area contributed by atoms with E-state index < -0.39 is 0 Å². The molecule has 0 amide bonds. The normalized spacial score (nSPS) is 9.86. The molecule has 0 unspecified atom stereocenters. The van der Waals surface area contributed by atoms with Gasteiger partial charge in [-0.3, -0.25) is 0 Å². The van der Waals surface area contributed by atoms with E-state index in [1.165, 1.54) is 0 Å². The van der Waals surface area contributed by atoms with E-state index in [4.69, 9.17) is 0 Å². The van der Waals surface area contributed by atoms with Gasteiger partial charge in [0.05, 0.1) is 16.9 Å². The van der Waals surface area contributed by atoms with Crippen molar-refractivity contribution in [1.29, 1.82) is 0 Å². The van der Waals surface area contributed by atoms with Crippen LogP contribution in [0.5, 0.6) is 0 Å². The quantitative estimate of drug-likeness (QED) is 0.433. The number of benzene rings is 1. The van der Waals surface area contributed by atoms with E-state index in [0.717, 1.165) is 29.7 Å². The van der Waals surface area contributed by atoms with Crippen molar-refractivity contribution in [3.8, 4) is 0 Å². The summed E-state index contributed by atoms with van der Waals surface area (Å²) in [5, 5.41) is 7.39. The minimum atomic E-state index is 0.771. The highest BCUT2D eigenvalue weighted by Crippen LogP contribution is 2.19. The Bertz CT molecular complexity index is 310. The van der Waals surface area contributed by atoms with E-state index in [1.807, 2.05) is 24.3 Å². The SMILES string of the molecule is C=C([Si])c1ccccc1NCNCC. The Balaban J connectivity index is 2.69. The van der Waals surface area contributed by atoms with Crippen LogP contribution in [0.2, 0.25) is 0 Å². The Morgan fingerprint density at radius 2 is 2.14 bits per heavy atom. The zero-order valence-corrected chi connectivity index (χ0v) is 9.43. The molecule has 1 rings (SSSR count). The van der Waals surface area contributed by atoms with Crippen molar-refractivity contribution in [3.05, 3.63) is 36.4 Å². The molecular weight excluding hydrogens is 188 g/mol. The summed E-state index contributed by atoms with van der Waals surface area (Å²) < 4.78 is 0. The highest BCUT2D eigenvalue weighted by atomic mass is 28.1. The summed E-state index contributed by atoms with van der Waals surface area (Å²) in [7, 11) is 3.44. The van der Waals surface area contributed by atoms with E-state index in [2.05, 4.69) is 34.4 Å². The lowest BCUT2D eigenvalue weighted by Crippen LogP contribution is -2.21. The first-order chi connectivity index (χ1) is 6.75. The third-order valence-corrected chi connectivity index (χ3v) is 2.18. The van der Waals surface area contributed by atoms with Crippen LogP contribution >= 0.6 is 0 Å². The summed E-state index contributed by atoms with van der Waals surface area (Å²) in [4.78, 5) is 0. The van der Waals surface area contributed by atoms with Crippen LogP contribution in [0.15, 0.2) is 30.8 Å². The van der Waals surface area contributed by atoms with E-state index in [0.29, 0.717) is 0 Å². The lowest BCUT2D eigenvalue weighted by atomic mass is 10.2. The zero-order valence-electron chi connectivity index (χ0n) is 8.43. The predicted octanol–water partition coefficient (Wildman–Crippen LogP) is 1.80. The molecule has 1 aromatic rings. The first kappa shape index (κ1) is 11.0. The molecule has 2 N–H and O–H groups in total. The van der Waals surface area contributed by atoms with Crippen molar-refractivity contribution in [1.82, 2.24) is 5.32 Å². The van der Waals surface area contributed by atoms with Gasteiger partial charge >= 0.3 is 0 Å². The Kier molecular flexibility index (Phi) is 4.42. The molecule has 0 aromatic heterocycles. The van der Waals surface area contributed by atoms with Crippen LogP contribution in [-0.4, -0.2) is 23.5 Å². The molecule has 14 heavy (non-hydrogen) atoms. The second kappa shape index (κ2) is 5.62. The van der Waals surface area contributed by atoms with Crippen LogP contribution in [0, 0.1) is 0 Å². The van der Waals surface area contributed by atoms with Gasteiger partial charge in [-0.05, 0) is 18.2 Å². The van der Waals surface area contributed by atoms with Gasteiger partial charge in [-0.1, -0.05) is 36.9 Å². The van der Waals surface area contributed by atoms with Gasteiger partial charge in [0.1, 0.15) is 0 Å². The lowest BCUT2D eigenvalue weighted by molar-refractivity contribution is 0.771. The van der Waals surface area contributed by atoms with Gasteiger partial charge in [-0.15, -0.1) is 0 Å². The molecule has 3 radical (unpaired) electrons. The van der Waals surface area contributed by atoms with Gasteiger partial charge in [0.25, 0.3) is 0 Å². The molecule has 0 saturated heterocycles. The molecule has 0 heterocycles. The lowest BCUT2D eigenvalue weighted by Gasteiger charge is -2.11. The fourth-order valence-electron chi connectivity index (χ4n) is 1.18. The smallest absolute Gasteiger partial charge is 0.0712 e. The summed E-state index contributed by atoms with van der Waals surface area (Å²) in [6, 6.07) is 8.08. The summed E-state index contributed by atoms with van der Waals surface area (Å²) in [6.07, 6.45) is 0. The minimum absolute atomic E-state index is 0.771. The second-order valence-electron chi connectivity index (χ2n) is 2.98. The van der Waals surface area contributed by atoms with Crippen molar-refractivity contribution >= 4 is 21.1 Å². The van der Waals surface area contributed by atoms with Crippen LogP contribution in [0.25, 0.3) is 5.20 Å². The van der Waals surface area contributed by atoms with Crippen LogP contribution in [0.3, 0.4) is 0 Å². The number of nitrogens with one attached hydrogen (secondary N) is 2. The standard InChI is InChI=1S/C11H15N2Si/c1-3-12-8-13-11-7-5-4-6-10(11)9(2)14/h4-7,12-13H,2-3,8H2,1H3. The topological polar surface area (TPSA) is 24.1 Å². The van der Waals surface area contributed by atoms with Crippen molar-refractivity contribution in [2.75, 3.05) is 18.5 Å². The van der Waals surface area contributed by atoms with Gasteiger partial charge in [0, 0.05) is 5.69 Å². The average molecular weight is 203 g/mol. The summed E-state index contributed by atoms with van der Waals surface area (Å²) in [6.45, 7) is 7.68. The molecule has 0 aliphatic heterocycles. The summed E-state index contributed by atoms with van der Waals surface area (Å²) in [5.74, 6) is 0. The van der Waals surface area contributed by atoms with Crippen LogP contribution in [0.4, 0.5) is 5.69 Å². The first-order valence-electron chi connectivity index (χ1n) is 4.70. The van der Waals surface area contributed by atoms with Crippen LogP contribution in [-0.2, 0) is 0 Å². The first-order valence-corrected chi connectivity index (χ1v) is 5.20. The van der Waals surface area contributed by atoms with Crippen LogP contribution in [0.1, 0.15) is 12.5 Å². The van der Waals surface area contributed by atoms with Crippen molar-refractivity contribution in [2.45, 2.75) is 6.92 Å². The molecule has 1 aromatic carbocycles. The molecule has 0 bridgehead atoms. The maximum absolute atomic E-state index is 3.87. The highest BCUT2D eigenvalue weighted by molar-refractivity contribution is 6.42. The average Bonchev–Trinajstić information content (AvgIpc) is 2.19.